The predicted octanol–water partition coefficient (Wildman–Crippen LogP) is 1.74. The second-order valence-corrected chi connectivity index (χ2v) is 3.35. The molecule has 6 nitrogen and oxygen atoms in total. The van der Waals surface area contributed by atoms with Crippen LogP contribution in [-0.4, -0.2) is 19.9 Å². The normalized spacial score (nSPS) is 12.3. The fourth-order valence-corrected chi connectivity index (χ4v) is 1.42. The van der Waals surface area contributed by atoms with Crippen LogP contribution in [0.2, 0.25) is 0 Å². The van der Waals surface area contributed by atoms with Gasteiger partial charge in [-0.1, -0.05) is 35.5 Å². The molecule has 0 aliphatic rings. The molecule has 6 heteroatoms. The van der Waals surface area contributed by atoms with Crippen molar-refractivity contribution in [3.05, 3.63) is 46.6 Å². The zero-order valence-electron chi connectivity index (χ0n) is 8.65. The van der Waals surface area contributed by atoms with Gasteiger partial charge in [0.2, 0.25) is 0 Å². The van der Waals surface area contributed by atoms with Crippen LogP contribution in [0.25, 0.3) is 11.3 Å². The number of rotatable bonds is 3. The van der Waals surface area contributed by atoms with Gasteiger partial charge in [-0.25, -0.2) is 0 Å². The van der Waals surface area contributed by atoms with E-state index in [1.165, 1.54) is 17.8 Å². The molecule has 1 heterocycles. The molecule has 0 bridgehead atoms. The van der Waals surface area contributed by atoms with Crippen molar-refractivity contribution in [3.8, 4) is 11.3 Å². The fraction of sp³-hybridized carbons (Fsp3) is 0.200. The summed E-state index contributed by atoms with van der Waals surface area (Å²) in [4.78, 5) is 10.3. The molecule has 16 heavy (non-hydrogen) atoms. The van der Waals surface area contributed by atoms with E-state index in [9.17, 15) is 10.1 Å². The number of hydrogen-bond acceptors (Lipinski definition) is 4. The van der Waals surface area contributed by atoms with Crippen molar-refractivity contribution >= 4 is 0 Å². The van der Waals surface area contributed by atoms with Crippen LogP contribution >= 0.6 is 0 Å². The summed E-state index contributed by atoms with van der Waals surface area (Å²) >= 11 is 0. The molecular formula is C10H10N4O2. The third-order valence-corrected chi connectivity index (χ3v) is 2.30. The van der Waals surface area contributed by atoms with Gasteiger partial charge < -0.3 is 0 Å². The Kier molecular flexibility index (Phi) is 2.63. The Morgan fingerprint density at radius 2 is 2.06 bits per heavy atom. The van der Waals surface area contributed by atoms with Gasteiger partial charge >= 0.3 is 6.17 Å². The summed E-state index contributed by atoms with van der Waals surface area (Å²) in [6, 6.07) is 9.34. The van der Waals surface area contributed by atoms with Crippen LogP contribution in [0.4, 0.5) is 0 Å². The molecule has 1 unspecified atom stereocenters. The van der Waals surface area contributed by atoms with E-state index in [0.29, 0.717) is 5.69 Å². The number of hydrogen-bond donors (Lipinski definition) is 0. The zero-order chi connectivity index (χ0) is 11.5. The maximum absolute atomic E-state index is 10.7. The van der Waals surface area contributed by atoms with Gasteiger partial charge in [0.15, 0.2) is 0 Å². The van der Waals surface area contributed by atoms with Crippen molar-refractivity contribution < 1.29 is 4.92 Å². The van der Waals surface area contributed by atoms with Crippen LogP contribution in [0.5, 0.6) is 0 Å². The Bertz CT molecular complexity index is 495. The third kappa shape index (κ3) is 1.77. The molecule has 0 saturated heterocycles. The average Bonchev–Trinajstić information content (AvgIpc) is 2.77. The first kappa shape index (κ1) is 10.3. The smallest absolute Gasteiger partial charge is 0.262 e. The maximum Gasteiger partial charge on any atom is 0.304 e. The van der Waals surface area contributed by atoms with Gasteiger partial charge in [-0.2, -0.15) is 4.68 Å². The number of aromatic nitrogens is 3. The molecule has 1 aromatic heterocycles. The van der Waals surface area contributed by atoms with Crippen molar-refractivity contribution in [2.24, 2.45) is 0 Å². The van der Waals surface area contributed by atoms with E-state index < -0.39 is 11.1 Å². The van der Waals surface area contributed by atoms with Crippen LogP contribution in [-0.2, 0) is 0 Å². The number of benzene rings is 1. The summed E-state index contributed by atoms with van der Waals surface area (Å²) in [6.07, 6.45) is 0.604. The van der Waals surface area contributed by atoms with Crippen molar-refractivity contribution in [2.75, 3.05) is 0 Å². The highest BCUT2D eigenvalue weighted by atomic mass is 16.6. The zero-order valence-corrected chi connectivity index (χ0v) is 8.65. The highest BCUT2D eigenvalue weighted by Gasteiger charge is 2.20. The van der Waals surface area contributed by atoms with E-state index in [4.69, 9.17) is 0 Å². The average molecular weight is 218 g/mol. The molecule has 1 atom stereocenters. The van der Waals surface area contributed by atoms with E-state index in [0.717, 1.165) is 5.56 Å². The molecule has 0 amide bonds. The van der Waals surface area contributed by atoms with E-state index >= 15 is 0 Å². The van der Waals surface area contributed by atoms with E-state index in [1.54, 1.807) is 0 Å². The number of nitro groups is 1. The Balaban J connectivity index is 2.44. The molecule has 2 rings (SSSR count). The fourth-order valence-electron chi connectivity index (χ4n) is 1.42. The summed E-state index contributed by atoms with van der Waals surface area (Å²) < 4.78 is 1.30. The van der Waals surface area contributed by atoms with Crippen LogP contribution in [0, 0.1) is 10.1 Å². The molecule has 0 aliphatic heterocycles. The van der Waals surface area contributed by atoms with Crippen LogP contribution < -0.4 is 0 Å². The highest BCUT2D eigenvalue weighted by Crippen LogP contribution is 2.20. The second kappa shape index (κ2) is 4.09. The van der Waals surface area contributed by atoms with Crippen molar-refractivity contribution in [3.63, 3.8) is 0 Å². The summed E-state index contributed by atoms with van der Waals surface area (Å²) in [5.74, 6) is 0. The molecule has 0 saturated carbocycles. The topological polar surface area (TPSA) is 73.8 Å². The van der Waals surface area contributed by atoms with E-state index in [2.05, 4.69) is 10.3 Å². The van der Waals surface area contributed by atoms with Gasteiger partial charge in [0.05, 0.1) is 11.9 Å². The highest BCUT2D eigenvalue weighted by molar-refractivity contribution is 5.57. The molecule has 1 aromatic carbocycles. The lowest BCUT2D eigenvalue weighted by Crippen LogP contribution is -2.17. The maximum atomic E-state index is 10.7. The molecule has 0 spiro atoms. The van der Waals surface area contributed by atoms with Crippen molar-refractivity contribution in [1.82, 2.24) is 15.0 Å². The summed E-state index contributed by atoms with van der Waals surface area (Å²) in [6.45, 7) is 1.47. The predicted molar refractivity (Wildman–Crippen MR) is 57.2 cm³/mol. The lowest BCUT2D eigenvalue weighted by Gasteiger charge is -2.07. The molecule has 0 aliphatic carbocycles. The van der Waals surface area contributed by atoms with Crippen LogP contribution in [0.3, 0.4) is 0 Å². The first-order chi connectivity index (χ1) is 7.70. The lowest BCUT2D eigenvalue weighted by atomic mass is 10.2. The van der Waals surface area contributed by atoms with Crippen molar-refractivity contribution in [1.29, 1.82) is 0 Å². The van der Waals surface area contributed by atoms with Gasteiger partial charge in [-0.15, -0.1) is 5.10 Å². The van der Waals surface area contributed by atoms with Gasteiger partial charge in [-0.3, -0.25) is 10.1 Å². The van der Waals surface area contributed by atoms with Gasteiger partial charge in [0, 0.05) is 17.4 Å². The van der Waals surface area contributed by atoms with Crippen LogP contribution in [0.1, 0.15) is 13.1 Å². The van der Waals surface area contributed by atoms with Gasteiger partial charge in [0.25, 0.3) is 0 Å². The Labute approximate surface area is 91.7 Å². The standard InChI is InChI=1S/C10H10N4O2/c1-8(14(15)16)13-10(7-11-12-13)9-5-3-2-4-6-9/h2-8H,1H3. The minimum atomic E-state index is -0.919. The monoisotopic (exact) mass is 218 g/mol. The Morgan fingerprint density at radius 1 is 1.38 bits per heavy atom. The lowest BCUT2D eigenvalue weighted by molar-refractivity contribution is -0.545. The first-order valence-corrected chi connectivity index (χ1v) is 4.79. The van der Waals surface area contributed by atoms with Crippen LogP contribution in [0.15, 0.2) is 36.5 Å². The Morgan fingerprint density at radius 3 is 2.69 bits per heavy atom. The minimum Gasteiger partial charge on any atom is -0.262 e. The van der Waals surface area contributed by atoms with E-state index in [-0.39, 0.29) is 0 Å². The third-order valence-electron chi connectivity index (χ3n) is 2.30. The molecular weight excluding hydrogens is 208 g/mol. The first-order valence-electron chi connectivity index (χ1n) is 4.79. The summed E-state index contributed by atoms with van der Waals surface area (Å²) in [7, 11) is 0. The molecule has 0 N–H and O–H groups in total. The Hall–Kier alpha value is -2.24. The quantitative estimate of drug-likeness (QED) is 0.581. The second-order valence-electron chi connectivity index (χ2n) is 3.35. The molecule has 0 radical (unpaired) electrons. The van der Waals surface area contributed by atoms with Gasteiger partial charge in [-0.05, 0) is 0 Å². The summed E-state index contributed by atoms with van der Waals surface area (Å²) in [5, 5.41) is 18.1. The number of nitrogens with zero attached hydrogens (tertiary/aromatic N) is 4. The molecule has 0 fully saturated rings. The van der Waals surface area contributed by atoms with E-state index in [1.807, 2.05) is 30.3 Å². The SMILES string of the molecule is CC(n1nncc1-c1ccccc1)[N+](=O)[O-]. The minimum absolute atomic E-state index is 0.402. The largest absolute Gasteiger partial charge is 0.304 e. The molecule has 82 valence electrons. The van der Waals surface area contributed by atoms with Gasteiger partial charge in [0.1, 0.15) is 0 Å². The summed E-state index contributed by atoms with van der Waals surface area (Å²) in [5.41, 5.74) is 1.51. The van der Waals surface area contributed by atoms with Crippen molar-refractivity contribution in [2.45, 2.75) is 13.1 Å². The molecule has 2 aromatic rings.